The van der Waals surface area contributed by atoms with E-state index in [0.717, 1.165) is 11.4 Å². The Morgan fingerprint density at radius 2 is 2.46 bits per heavy atom. The van der Waals surface area contributed by atoms with E-state index in [4.69, 9.17) is 0 Å². The first-order valence-electron chi connectivity index (χ1n) is 4.36. The highest BCUT2D eigenvalue weighted by Gasteiger charge is 2.05. The van der Waals surface area contributed by atoms with Crippen molar-refractivity contribution in [2.75, 3.05) is 6.54 Å². The summed E-state index contributed by atoms with van der Waals surface area (Å²) in [7, 11) is 0. The molecular weight excluding hydrogens is 184 g/mol. The number of hydrogen-bond donors (Lipinski definition) is 1. The molecular formula is C9H14N2OS. The van der Waals surface area contributed by atoms with E-state index in [2.05, 4.69) is 10.3 Å². The highest BCUT2D eigenvalue weighted by Crippen LogP contribution is 2.03. The van der Waals surface area contributed by atoms with Crippen molar-refractivity contribution in [1.82, 2.24) is 10.3 Å². The molecule has 0 saturated heterocycles. The lowest BCUT2D eigenvalue weighted by atomic mass is 10.2. The van der Waals surface area contributed by atoms with Gasteiger partial charge in [0.25, 0.3) is 0 Å². The molecule has 1 aromatic heterocycles. The van der Waals surface area contributed by atoms with Gasteiger partial charge in [0.1, 0.15) is 0 Å². The van der Waals surface area contributed by atoms with Gasteiger partial charge in [-0.1, -0.05) is 13.8 Å². The molecule has 0 aliphatic carbocycles. The second-order valence-electron chi connectivity index (χ2n) is 3.12. The van der Waals surface area contributed by atoms with Crippen molar-refractivity contribution in [3.63, 3.8) is 0 Å². The number of rotatable bonds is 4. The van der Waals surface area contributed by atoms with Crippen LogP contribution >= 0.6 is 11.3 Å². The molecule has 3 nitrogen and oxygen atoms in total. The molecule has 1 aromatic rings. The quantitative estimate of drug-likeness (QED) is 0.795. The first-order valence-corrected chi connectivity index (χ1v) is 5.24. The van der Waals surface area contributed by atoms with Gasteiger partial charge in [-0.3, -0.25) is 4.79 Å². The molecule has 72 valence electrons. The van der Waals surface area contributed by atoms with Crippen LogP contribution in [-0.2, 0) is 11.2 Å². The van der Waals surface area contributed by atoms with Crippen LogP contribution in [0.15, 0.2) is 11.6 Å². The molecule has 1 heterocycles. The van der Waals surface area contributed by atoms with Crippen LogP contribution in [0, 0.1) is 5.92 Å². The van der Waals surface area contributed by atoms with Crippen molar-refractivity contribution in [1.29, 1.82) is 0 Å². The molecule has 1 amide bonds. The van der Waals surface area contributed by atoms with Crippen LogP contribution in [0.4, 0.5) is 0 Å². The third-order valence-electron chi connectivity index (χ3n) is 1.65. The van der Waals surface area contributed by atoms with E-state index in [1.54, 1.807) is 17.5 Å². The van der Waals surface area contributed by atoms with Crippen molar-refractivity contribution in [3.8, 4) is 0 Å². The fraction of sp³-hybridized carbons (Fsp3) is 0.556. The van der Waals surface area contributed by atoms with Crippen LogP contribution in [0.1, 0.15) is 18.9 Å². The van der Waals surface area contributed by atoms with Gasteiger partial charge in [-0.15, -0.1) is 11.3 Å². The fourth-order valence-electron chi connectivity index (χ4n) is 0.873. The van der Waals surface area contributed by atoms with Crippen LogP contribution in [-0.4, -0.2) is 17.4 Å². The zero-order valence-corrected chi connectivity index (χ0v) is 8.73. The number of carbonyl (C=O) groups is 1. The third kappa shape index (κ3) is 3.55. The van der Waals surface area contributed by atoms with E-state index in [0.29, 0.717) is 6.54 Å². The molecule has 1 rings (SSSR count). The summed E-state index contributed by atoms with van der Waals surface area (Å²) in [6.45, 7) is 4.46. The van der Waals surface area contributed by atoms with Crippen molar-refractivity contribution >= 4 is 17.2 Å². The maximum absolute atomic E-state index is 11.1. The van der Waals surface area contributed by atoms with E-state index in [9.17, 15) is 4.79 Å². The summed E-state index contributed by atoms with van der Waals surface area (Å²) in [4.78, 5) is 15.3. The summed E-state index contributed by atoms with van der Waals surface area (Å²) in [6, 6.07) is 0. The van der Waals surface area contributed by atoms with Gasteiger partial charge in [-0.25, -0.2) is 4.98 Å². The number of hydrogen-bond acceptors (Lipinski definition) is 3. The lowest BCUT2D eigenvalue weighted by Gasteiger charge is -2.05. The molecule has 0 bridgehead atoms. The highest BCUT2D eigenvalue weighted by atomic mass is 32.1. The molecule has 0 aromatic carbocycles. The van der Waals surface area contributed by atoms with E-state index in [1.165, 1.54) is 0 Å². The van der Waals surface area contributed by atoms with E-state index in [-0.39, 0.29) is 11.8 Å². The van der Waals surface area contributed by atoms with Crippen molar-refractivity contribution in [3.05, 3.63) is 16.6 Å². The van der Waals surface area contributed by atoms with Crippen LogP contribution in [0.25, 0.3) is 0 Å². The molecule has 4 heteroatoms. The molecule has 0 fully saturated rings. The Morgan fingerprint density at radius 3 is 3.00 bits per heavy atom. The van der Waals surface area contributed by atoms with E-state index >= 15 is 0 Å². The van der Waals surface area contributed by atoms with Gasteiger partial charge in [-0.05, 0) is 0 Å². The van der Waals surface area contributed by atoms with Crippen molar-refractivity contribution in [2.24, 2.45) is 5.92 Å². The Labute approximate surface area is 82.2 Å². The monoisotopic (exact) mass is 198 g/mol. The van der Waals surface area contributed by atoms with E-state index < -0.39 is 0 Å². The van der Waals surface area contributed by atoms with Gasteiger partial charge in [0.15, 0.2) is 0 Å². The summed E-state index contributed by atoms with van der Waals surface area (Å²) in [5.74, 6) is 0.174. The summed E-state index contributed by atoms with van der Waals surface area (Å²) >= 11 is 1.62. The fourth-order valence-corrected chi connectivity index (χ4v) is 1.49. The minimum absolute atomic E-state index is 0.0660. The standard InChI is InChI=1S/C9H14N2OS/c1-7(2)9(12)11-4-3-8-10-5-6-13-8/h5-7H,3-4H2,1-2H3,(H,11,12). The largest absolute Gasteiger partial charge is 0.355 e. The number of amides is 1. The SMILES string of the molecule is CC(C)C(=O)NCCc1nccs1. The lowest BCUT2D eigenvalue weighted by Crippen LogP contribution is -2.29. The molecule has 0 saturated carbocycles. The molecule has 0 aliphatic heterocycles. The first-order chi connectivity index (χ1) is 6.20. The number of nitrogens with one attached hydrogen (secondary N) is 1. The number of nitrogens with zero attached hydrogens (tertiary/aromatic N) is 1. The number of aromatic nitrogens is 1. The average molecular weight is 198 g/mol. The van der Waals surface area contributed by atoms with Crippen molar-refractivity contribution < 1.29 is 4.79 Å². The predicted molar refractivity (Wildman–Crippen MR) is 53.7 cm³/mol. The Bertz CT molecular complexity index is 257. The highest BCUT2D eigenvalue weighted by molar-refractivity contribution is 7.09. The normalized spacial score (nSPS) is 10.4. The van der Waals surface area contributed by atoms with Crippen LogP contribution in [0.2, 0.25) is 0 Å². The van der Waals surface area contributed by atoms with Gasteiger partial charge < -0.3 is 5.32 Å². The molecule has 0 radical (unpaired) electrons. The van der Waals surface area contributed by atoms with Crippen LogP contribution in [0.5, 0.6) is 0 Å². The third-order valence-corrected chi connectivity index (χ3v) is 2.49. The van der Waals surface area contributed by atoms with Gasteiger partial charge in [0.2, 0.25) is 5.91 Å². The second-order valence-corrected chi connectivity index (χ2v) is 4.10. The molecule has 0 unspecified atom stereocenters. The maximum atomic E-state index is 11.1. The van der Waals surface area contributed by atoms with Gasteiger partial charge in [0, 0.05) is 30.5 Å². The Balaban J connectivity index is 2.18. The van der Waals surface area contributed by atoms with Crippen LogP contribution in [0.3, 0.4) is 0 Å². The summed E-state index contributed by atoms with van der Waals surface area (Å²) in [5.41, 5.74) is 0. The van der Waals surface area contributed by atoms with Gasteiger partial charge in [0.05, 0.1) is 5.01 Å². The molecule has 0 spiro atoms. The second kappa shape index (κ2) is 4.97. The number of thiazole rings is 1. The lowest BCUT2D eigenvalue weighted by molar-refractivity contribution is -0.123. The zero-order chi connectivity index (χ0) is 9.68. The Hall–Kier alpha value is -0.900. The maximum Gasteiger partial charge on any atom is 0.222 e. The van der Waals surface area contributed by atoms with Gasteiger partial charge >= 0.3 is 0 Å². The molecule has 0 aliphatic rings. The molecule has 0 atom stereocenters. The average Bonchev–Trinajstić information content (AvgIpc) is 2.56. The van der Waals surface area contributed by atoms with Crippen LogP contribution < -0.4 is 5.32 Å². The Morgan fingerprint density at radius 1 is 1.69 bits per heavy atom. The molecule has 1 N–H and O–H groups in total. The zero-order valence-electron chi connectivity index (χ0n) is 7.91. The molecule has 13 heavy (non-hydrogen) atoms. The summed E-state index contributed by atoms with van der Waals surface area (Å²) in [5, 5.41) is 5.87. The van der Waals surface area contributed by atoms with Crippen molar-refractivity contribution in [2.45, 2.75) is 20.3 Å². The predicted octanol–water partition coefficient (Wildman–Crippen LogP) is 1.46. The minimum Gasteiger partial charge on any atom is -0.355 e. The van der Waals surface area contributed by atoms with E-state index in [1.807, 2.05) is 19.2 Å². The Kier molecular flexibility index (Phi) is 3.89. The summed E-state index contributed by atoms with van der Waals surface area (Å²) in [6.07, 6.45) is 2.61. The van der Waals surface area contributed by atoms with Gasteiger partial charge in [-0.2, -0.15) is 0 Å². The topological polar surface area (TPSA) is 42.0 Å². The first kappa shape index (κ1) is 10.2. The summed E-state index contributed by atoms with van der Waals surface area (Å²) < 4.78 is 0. The minimum atomic E-state index is 0.0660. The number of carbonyl (C=O) groups excluding carboxylic acids is 1. The smallest absolute Gasteiger partial charge is 0.222 e.